The van der Waals surface area contributed by atoms with Gasteiger partial charge in [0.05, 0.1) is 11.2 Å². The number of hydrogen-bond donors (Lipinski definition) is 0. The van der Waals surface area contributed by atoms with Crippen molar-refractivity contribution in [1.29, 1.82) is 0 Å². The second kappa shape index (κ2) is 5.21. The zero-order valence-electron chi connectivity index (χ0n) is 10.4. The Morgan fingerprint density at radius 1 is 1.47 bits per heavy atom. The second-order valence-electron chi connectivity index (χ2n) is 4.95. The molecule has 1 aliphatic rings. The molecule has 3 nitrogen and oxygen atoms in total. The van der Waals surface area contributed by atoms with Crippen LogP contribution in [0.25, 0.3) is 0 Å². The number of nitrogens with zero attached hydrogens (tertiary/aromatic N) is 2. The van der Waals surface area contributed by atoms with Gasteiger partial charge in [-0.05, 0) is 31.6 Å². The first-order valence-corrected chi connectivity index (χ1v) is 6.73. The molecule has 0 unspecified atom stereocenters. The number of rotatable bonds is 3. The van der Waals surface area contributed by atoms with Crippen LogP contribution >= 0.6 is 11.6 Å². The Morgan fingerprint density at radius 3 is 2.59 bits per heavy atom. The Bertz CT molecular complexity index is 386. The molecule has 2 rings (SSSR count). The van der Waals surface area contributed by atoms with E-state index in [4.69, 9.17) is 11.6 Å². The molecule has 0 radical (unpaired) electrons. The van der Waals surface area contributed by atoms with Crippen molar-refractivity contribution in [1.82, 2.24) is 9.78 Å². The number of Topliss-reactive ketones (excluding diaryl/α,β-unsaturated/α-hetero) is 1. The zero-order chi connectivity index (χ0) is 12.4. The molecule has 0 bridgehead atoms. The van der Waals surface area contributed by atoms with Crippen LogP contribution in [0.15, 0.2) is 6.20 Å². The van der Waals surface area contributed by atoms with E-state index in [-0.39, 0.29) is 11.7 Å². The van der Waals surface area contributed by atoms with Crippen molar-refractivity contribution >= 4 is 17.4 Å². The number of carbonyl (C=O) groups excluding carboxylic acids is 1. The fourth-order valence-corrected chi connectivity index (χ4v) is 2.97. The lowest BCUT2D eigenvalue weighted by molar-refractivity contribution is 0.0861. The number of ketones is 1. The van der Waals surface area contributed by atoms with Gasteiger partial charge in [-0.15, -0.1) is 0 Å². The van der Waals surface area contributed by atoms with Gasteiger partial charge in [-0.3, -0.25) is 9.48 Å². The van der Waals surface area contributed by atoms with Gasteiger partial charge in [0.15, 0.2) is 5.78 Å². The maximum atomic E-state index is 12.4. The van der Waals surface area contributed by atoms with E-state index < -0.39 is 0 Å². The zero-order valence-corrected chi connectivity index (χ0v) is 11.2. The maximum absolute atomic E-state index is 12.4. The van der Waals surface area contributed by atoms with Gasteiger partial charge in [0.25, 0.3) is 0 Å². The van der Waals surface area contributed by atoms with Gasteiger partial charge in [0.1, 0.15) is 5.69 Å². The first-order valence-electron chi connectivity index (χ1n) is 6.35. The van der Waals surface area contributed by atoms with E-state index >= 15 is 0 Å². The van der Waals surface area contributed by atoms with Crippen molar-refractivity contribution in [3.63, 3.8) is 0 Å². The highest BCUT2D eigenvalue weighted by Gasteiger charge is 2.29. The van der Waals surface area contributed by atoms with E-state index in [1.54, 1.807) is 17.9 Å². The molecular formula is C13H19ClN2O. The summed E-state index contributed by atoms with van der Waals surface area (Å²) in [5, 5.41) is 4.51. The summed E-state index contributed by atoms with van der Waals surface area (Å²) in [4.78, 5) is 12.4. The average molecular weight is 255 g/mol. The van der Waals surface area contributed by atoms with Gasteiger partial charge in [-0.2, -0.15) is 5.10 Å². The summed E-state index contributed by atoms with van der Waals surface area (Å²) in [7, 11) is 1.77. The molecule has 4 heteroatoms. The second-order valence-corrected chi connectivity index (χ2v) is 5.36. The molecule has 0 amide bonds. The highest BCUT2D eigenvalue weighted by atomic mass is 35.5. The Hall–Kier alpha value is -0.830. The van der Waals surface area contributed by atoms with Crippen LogP contribution in [0, 0.1) is 11.8 Å². The van der Waals surface area contributed by atoms with Gasteiger partial charge in [0, 0.05) is 13.0 Å². The van der Waals surface area contributed by atoms with Crippen molar-refractivity contribution in [2.75, 3.05) is 0 Å². The topological polar surface area (TPSA) is 34.9 Å². The summed E-state index contributed by atoms with van der Waals surface area (Å²) < 4.78 is 1.59. The van der Waals surface area contributed by atoms with Crippen molar-refractivity contribution in [3.8, 4) is 0 Å². The normalized spacial score (nSPS) is 24.9. The number of hydrogen-bond acceptors (Lipinski definition) is 2. The molecule has 0 spiro atoms. The molecule has 1 aromatic heterocycles. The van der Waals surface area contributed by atoms with E-state index in [0.717, 1.165) is 18.8 Å². The summed E-state index contributed by atoms with van der Waals surface area (Å²) in [5.41, 5.74) is 0.576. The summed E-state index contributed by atoms with van der Waals surface area (Å²) in [5.74, 6) is 1.12. The summed E-state index contributed by atoms with van der Waals surface area (Å²) in [6, 6.07) is 0. The molecule has 17 heavy (non-hydrogen) atoms. The Kier molecular flexibility index (Phi) is 3.87. The van der Waals surface area contributed by atoms with Crippen LogP contribution in [0.1, 0.15) is 49.5 Å². The molecule has 1 aliphatic carbocycles. The number of aryl methyl sites for hydroxylation is 1. The Balaban J connectivity index is 2.07. The van der Waals surface area contributed by atoms with Gasteiger partial charge in [0.2, 0.25) is 0 Å². The third-order valence-electron chi connectivity index (χ3n) is 3.92. The van der Waals surface area contributed by atoms with E-state index in [9.17, 15) is 4.79 Å². The molecule has 94 valence electrons. The van der Waals surface area contributed by atoms with Crippen molar-refractivity contribution in [2.45, 2.75) is 39.0 Å². The Labute approximate surface area is 107 Å². The number of carbonyl (C=O) groups is 1. The molecule has 1 heterocycles. The molecule has 1 aromatic rings. The maximum Gasteiger partial charge on any atom is 0.185 e. The van der Waals surface area contributed by atoms with E-state index in [0.29, 0.717) is 10.7 Å². The minimum atomic E-state index is 0.144. The van der Waals surface area contributed by atoms with Gasteiger partial charge >= 0.3 is 0 Å². The predicted octanol–water partition coefficient (Wildman–Crippen LogP) is 3.47. The summed E-state index contributed by atoms with van der Waals surface area (Å²) in [6.07, 6.45) is 7.11. The van der Waals surface area contributed by atoms with Crippen LogP contribution in [0.4, 0.5) is 0 Å². The summed E-state index contributed by atoms with van der Waals surface area (Å²) in [6.45, 7) is 2.23. The highest BCUT2D eigenvalue weighted by molar-refractivity contribution is 6.33. The molecule has 0 atom stereocenters. The molecule has 1 saturated carbocycles. The van der Waals surface area contributed by atoms with E-state index in [1.807, 2.05) is 0 Å². The summed E-state index contributed by atoms with van der Waals surface area (Å²) >= 11 is 6.01. The molecule has 1 fully saturated rings. The molecular weight excluding hydrogens is 236 g/mol. The van der Waals surface area contributed by atoms with Crippen molar-refractivity contribution in [3.05, 3.63) is 16.9 Å². The van der Waals surface area contributed by atoms with Crippen LogP contribution in [-0.4, -0.2) is 15.6 Å². The largest absolute Gasteiger partial charge is 0.292 e. The van der Waals surface area contributed by atoms with Crippen LogP contribution in [0.2, 0.25) is 5.02 Å². The fourth-order valence-electron chi connectivity index (χ4n) is 2.71. The third kappa shape index (κ3) is 2.54. The molecule has 0 aliphatic heterocycles. The minimum Gasteiger partial charge on any atom is -0.292 e. The molecule has 0 saturated heterocycles. The third-order valence-corrected chi connectivity index (χ3v) is 4.20. The SMILES string of the molecule is CCC1CCC(C(=O)c2c(Cl)cnn2C)CC1. The van der Waals surface area contributed by atoms with Crippen LogP contribution in [0.5, 0.6) is 0 Å². The smallest absolute Gasteiger partial charge is 0.185 e. The molecule has 0 N–H and O–H groups in total. The lowest BCUT2D eigenvalue weighted by Gasteiger charge is -2.26. The Morgan fingerprint density at radius 2 is 2.12 bits per heavy atom. The minimum absolute atomic E-state index is 0.144. The lowest BCUT2D eigenvalue weighted by atomic mass is 9.78. The van der Waals surface area contributed by atoms with Crippen molar-refractivity contribution in [2.24, 2.45) is 18.9 Å². The van der Waals surface area contributed by atoms with Crippen LogP contribution in [0.3, 0.4) is 0 Å². The van der Waals surface area contributed by atoms with Gasteiger partial charge in [-0.1, -0.05) is 24.9 Å². The van der Waals surface area contributed by atoms with Crippen LogP contribution < -0.4 is 0 Å². The van der Waals surface area contributed by atoms with Gasteiger partial charge in [-0.25, -0.2) is 0 Å². The monoisotopic (exact) mass is 254 g/mol. The highest BCUT2D eigenvalue weighted by Crippen LogP contribution is 2.33. The molecule has 0 aromatic carbocycles. The first-order chi connectivity index (χ1) is 8.13. The van der Waals surface area contributed by atoms with Crippen LogP contribution in [-0.2, 0) is 7.05 Å². The quantitative estimate of drug-likeness (QED) is 0.774. The van der Waals surface area contributed by atoms with E-state index in [1.165, 1.54) is 19.3 Å². The number of aromatic nitrogens is 2. The number of halogens is 1. The fraction of sp³-hybridized carbons (Fsp3) is 0.692. The average Bonchev–Trinajstić information content (AvgIpc) is 2.68. The predicted molar refractivity (Wildman–Crippen MR) is 68.3 cm³/mol. The first kappa shape index (κ1) is 12.6. The van der Waals surface area contributed by atoms with E-state index in [2.05, 4.69) is 12.0 Å². The van der Waals surface area contributed by atoms with Gasteiger partial charge < -0.3 is 0 Å². The van der Waals surface area contributed by atoms with Crippen molar-refractivity contribution < 1.29 is 4.79 Å². The standard InChI is InChI=1S/C13H19ClN2O/c1-3-9-4-6-10(7-5-9)13(17)12-11(14)8-15-16(12)2/h8-10H,3-7H2,1-2H3. The lowest BCUT2D eigenvalue weighted by Crippen LogP contribution is -2.23.